The highest BCUT2D eigenvalue weighted by Gasteiger charge is 2.04. The number of ether oxygens (including phenoxy) is 1. The molecule has 0 saturated carbocycles. The molecule has 0 atom stereocenters. The van der Waals surface area contributed by atoms with Crippen LogP contribution < -0.4 is 4.74 Å². The molecule has 0 aliphatic heterocycles. The molecule has 0 bridgehead atoms. The predicted molar refractivity (Wildman–Crippen MR) is 89.3 cm³/mol. The zero-order valence-electron chi connectivity index (χ0n) is 12.5. The van der Waals surface area contributed by atoms with E-state index in [1.54, 1.807) is 7.11 Å². The maximum absolute atomic E-state index is 5.44. The molecule has 1 heteroatoms. The summed E-state index contributed by atoms with van der Waals surface area (Å²) in [5, 5.41) is 2.34. The van der Waals surface area contributed by atoms with Crippen molar-refractivity contribution in [1.82, 2.24) is 0 Å². The molecule has 0 heterocycles. The van der Waals surface area contributed by atoms with Crippen molar-refractivity contribution in [1.29, 1.82) is 0 Å². The number of hydrogen-bond acceptors (Lipinski definition) is 1. The van der Waals surface area contributed by atoms with Crippen molar-refractivity contribution in [2.75, 3.05) is 7.11 Å². The van der Waals surface area contributed by atoms with E-state index in [2.05, 4.69) is 36.0 Å². The Labute approximate surface area is 127 Å². The lowest BCUT2D eigenvalue weighted by molar-refractivity contribution is 0.414. The van der Waals surface area contributed by atoms with Gasteiger partial charge in [0.2, 0.25) is 0 Å². The Balaban J connectivity index is 2.12. The molecule has 0 aliphatic carbocycles. The number of rotatable bonds is 5. The maximum atomic E-state index is 5.44. The molecule has 106 valence electrons. The van der Waals surface area contributed by atoms with Crippen molar-refractivity contribution in [3.8, 4) is 29.9 Å². The average Bonchev–Trinajstić information content (AvgIpc) is 2.54. The van der Waals surface area contributed by atoms with Gasteiger partial charge < -0.3 is 4.74 Å². The standard InChI is InChI=1S/C20H20O/c1-3-4-5-6-7-8-9-14-19-18-13-11-10-12-17(18)15-16-20(19)21-2/h1,10-13,15-16H,4-8H2,2H3. The number of methoxy groups -OCH3 is 1. The van der Waals surface area contributed by atoms with Gasteiger partial charge >= 0.3 is 0 Å². The third kappa shape index (κ3) is 4.04. The van der Waals surface area contributed by atoms with Crippen LogP contribution in [0.2, 0.25) is 0 Å². The smallest absolute Gasteiger partial charge is 0.135 e. The molecule has 1 nitrogen and oxygen atoms in total. The van der Waals surface area contributed by atoms with Crippen molar-refractivity contribution in [3.05, 3.63) is 42.0 Å². The lowest BCUT2D eigenvalue weighted by atomic mass is 10.0. The van der Waals surface area contributed by atoms with E-state index in [1.165, 1.54) is 5.39 Å². The topological polar surface area (TPSA) is 9.23 Å². The Morgan fingerprint density at radius 2 is 1.81 bits per heavy atom. The van der Waals surface area contributed by atoms with Crippen molar-refractivity contribution in [2.45, 2.75) is 32.1 Å². The SMILES string of the molecule is C#CCCCCCC#Cc1c(OC)ccc2ccccc12. The van der Waals surface area contributed by atoms with Crippen LogP contribution >= 0.6 is 0 Å². The molecule has 0 fully saturated rings. The van der Waals surface area contributed by atoms with Crippen molar-refractivity contribution < 1.29 is 4.74 Å². The molecule has 0 spiro atoms. The van der Waals surface area contributed by atoms with Crippen LogP contribution in [-0.4, -0.2) is 7.11 Å². The summed E-state index contributed by atoms with van der Waals surface area (Å²) in [7, 11) is 1.69. The van der Waals surface area contributed by atoms with Crippen LogP contribution in [0.25, 0.3) is 10.8 Å². The largest absolute Gasteiger partial charge is 0.495 e. The summed E-state index contributed by atoms with van der Waals surface area (Å²) in [6.07, 6.45) is 10.3. The summed E-state index contributed by atoms with van der Waals surface area (Å²) in [6, 6.07) is 12.3. The third-order valence-electron chi connectivity index (χ3n) is 3.45. The predicted octanol–water partition coefficient (Wildman–Crippen LogP) is 4.78. The first-order chi connectivity index (χ1) is 10.4. The molecule has 0 aromatic heterocycles. The monoisotopic (exact) mass is 276 g/mol. The summed E-state index contributed by atoms with van der Waals surface area (Å²) in [5.41, 5.74) is 0.985. The van der Waals surface area contributed by atoms with E-state index in [9.17, 15) is 0 Å². The molecule has 0 aliphatic rings. The number of fused-ring (bicyclic) bond motifs is 1. The minimum atomic E-state index is 0.841. The van der Waals surface area contributed by atoms with E-state index in [0.717, 1.165) is 48.8 Å². The second kappa shape index (κ2) is 8.03. The Hall–Kier alpha value is -2.38. The van der Waals surface area contributed by atoms with Crippen LogP contribution in [0.15, 0.2) is 36.4 Å². The van der Waals surface area contributed by atoms with Gasteiger partial charge in [0.05, 0.1) is 12.7 Å². The molecule has 0 N–H and O–H groups in total. The lowest BCUT2D eigenvalue weighted by Gasteiger charge is -2.06. The van der Waals surface area contributed by atoms with Gasteiger partial charge in [-0.15, -0.1) is 12.3 Å². The first-order valence-corrected chi connectivity index (χ1v) is 7.35. The van der Waals surface area contributed by atoms with Gasteiger partial charge in [0.1, 0.15) is 5.75 Å². The Morgan fingerprint density at radius 1 is 1.00 bits per heavy atom. The normalized spacial score (nSPS) is 9.71. The molecule has 0 radical (unpaired) electrons. The molecule has 0 saturated heterocycles. The van der Waals surface area contributed by atoms with Crippen molar-refractivity contribution >= 4 is 10.8 Å². The second-order valence-corrected chi connectivity index (χ2v) is 4.93. The Morgan fingerprint density at radius 3 is 2.62 bits per heavy atom. The van der Waals surface area contributed by atoms with Crippen molar-refractivity contribution in [2.24, 2.45) is 0 Å². The Kier molecular flexibility index (Phi) is 5.74. The van der Waals surface area contributed by atoms with Crippen LogP contribution in [0.3, 0.4) is 0 Å². The van der Waals surface area contributed by atoms with Crippen LogP contribution in [0, 0.1) is 24.2 Å². The molecule has 2 aromatic rings. The maximum Gasteiger partial charge on any atom is 0.135 e. The van der Waals surface area contributed by atoms with E-state index in [0.29, 0.717) is 0 Å². The van der Waals surface area contributed by atoms with Crippen LogP contribution in [0.4, 0.5) is 0 Å². The minimum absolute atomic E-state index is 0.841. The Bertz CT molecular complexity index is 695. The van der Waals surface area contributed by atoms with E-state index >= 15 is 0 Å². The summed E-state index contributed by atoms with van der Waals surface area (Å²) in [4.78, 5) is 0. The molecule has 0 amide bonds. The minimum Gasteiger partial charge on any atom is -0.495 e. The van der Waals surface area contributed by atoms with Gasteiger partial charge in [-0.2, -0.15) is 0 Å². The summed E-state index contributed by atoms with van der Waals surface area (Å²) in [6.45, 7) is 0. The molecular formula is C20H20O. The number of hydrogen-bond donors (Lipinski definition) is 0. The van der Waals surface area contributed by atoms with E-state index in [-0.39, 0.29) is 0 Å². The highest BCUT2D eigenvalue weighted by molar-refractivity contribution is 5.90. The second-order valence-electron chi connectivity index (χ2n) is 4.93. The number of benzene rings is 2. The summed E-state index contributed by atoms with van der Waals surface area (Å²) < 4.78 is 5.44. The van der Waals surface area contributed by atoms with Crippen LogP contribution in [0.5, 0.6) is 5.75 Å². The first-order valence-electron chi connectivity index (χ1n) is 7.35. The average molecular weight is 276 g/mol. The molecular weight excluding hydrogens is 256 g/mol. The number of terminal acetylenes is 1. The van der Waals surface area contributed by atoms with Crippen LogP contribution in [-0.2, 0) is 0 Å². The number of unbranched alkanes of at least 4 members (excludes halogenated alkanes) is 4. The van der Waals surface area contributed by atoms with Gasteiger partial charge in [-0.25, -0.2) is 0 Å². The van der Waals surface area contributed by atoms with Crippen LogP contribution in [0.1, 0.15) is 37.7 Å². The van der Waals surface area contributed by atoms with E-state index in [4.69, 9.17) is 11.2 Å². The van der Waals surface area contributed by atoms with E-state index in [1.807, 2.05) is 18.2 Å². The molecule has 2 rings (SSSR count). The van der Waals surface area contributed by atoms with Gasteiger partial charge in [-0.1, -0.05) is 48.6 Å². The van der Waals surface area contributed by atoms with Crippen molar-refractivity contribution in [3.63, 3.8) is 0 Å². The fourth-order valence-corrected chi connectivity index (χ4v) is 2.32. The fraction of sp³-hybridized carbons (Fsp3) is 0.300. The third-order valence-corrected chi connectivity index (χ3v) is 3.45. The summed E-state index contributed by atoms with van der Waals surface area (Å²) in [5.74, 6) is 10.1. The van der Waals surface area contributed by atoms with Gasteiger partial charge in [-0.3, -0.25) is 0 Å². The fourth-order valence-electron chi connectivity index (χ4n) is 2.32. The zero-order valence-corrected chi connectivity index (χ0v) is 12.5. The molecule has 0 unspecified atom stereocenters. The first kappa shape index (κ1) is 15.0. The molecule has 21 heavy (non-hydrogen) atoms. The zero-order chi connectivity index (χ0) is 14.9. The quantitative estimate of drug-likeness (QED) is 0.564. The molecule has 2 aromatic carbocycles. The highest BCUT2D eigenvalue weighted by Crippen LogP contribution is 2.27. The lowest BCUT2D eigenvalue weighted by Crippen LogP contribution is -1.89. The van der Waals surface area contributed by atoms with Gasteiger partial charge in [0.25, 0.3) is 0 Å². The van der Waals surface area contributed by atoms with E-state index < -0.39 is 0 Å². The van der Waals surface area contributed by atoms with Gasteiger partial charge in [-0.05, 0) is 24.3 Å². The van der Waals surface area contributed by atoms with Gasteiger partial charge in [0, 0.05) is 18.2 Å². The summed E-state index contributed by atoms with van der Waals surface area (Å²) >= 11 is 0. The van der Waals surface area contributed by atoms with Gasteiger partial charge in [0.15, 0.2) is 0 Å². The highest BCUT2D eigenvalue weighted by atomic mass is 16.5.